The van der Waals surface area contributed by atoms with Crippen LogP contribution in [-0.2, 0) is 11.3 Å². The van der Waals surface area contributed by atoms with Crippen LogP contribution in [0.3, 0.4) is 0 Å². The van der Waals surface area contributed by atoms with Crippen LogP contribution in [0, 0.1) is 0 Å². The van der Waals surface area contributed by atoms with Gasteiger partial charge in [-0.15, -0.1) is 0 Å². The molecule has 2 aromatic rings. The number of rotatable bonds is 6. The van der Waals surface area contributed by atoms with Crippen LogP contribution in [0.2, 0.25) is 0 Å². The molecule has 1 aromatic heterocycles. The van der Waals surface area contributed by atoms with E-state index in [1.54, 1.807) is 0 Å². The molecular formula is C19H26N2O2. The molecule has 23 heavy (non-hydrogen) atoms. The van der Waals surface area contributed by atoms with Gasteiger partial charge >= 0.3 is 0 Å². The summed E-state index contributed by atoms with van der Waals surface area (Å²) in [5.41, 5.74) is 1.95. The minimum absolute atomic E-state index is 0.100. The van der Waals surface area contributed by atoms with E-state index in [9.17, 15) is 4.79 Å². The van der Waals surface area contributed by atoms with Gasteiger partial charge in [0.15, 0.2) is 0 Å². The summed E-state index contributed by atoms with van der Waals surface area (Å²) in [7, 11) is 1.89. The molecule has 0 N–H and O–H groups in total. The molecule has 1 aliphatic rings. The molecule has 0 bridgehead atoms. The van der Waals surface area contributed by atoms with Gasteiger partial charge in [-0.2, -0.15) is 0 Å². The quantitative estimate of drug-likeness (QED) is 0.815. The first-order valence-corrected chi connectivity index (χ1v) is 8.65. The van der Waals surface area contributed by atoms with Crippen molar-refractivity contribution in [2.75, 3.05) is 20.2 Å². The van der Waals surface area contributed by atoms with Gasteiger partial charge in [-0.1, -0.05) is 0 Å². The molecule has 1 amide bonds. The lowest BCUT2D eigenvalue weighted by atomic mass is 10.1. The Labute approximate surface area is 138 Å². The molecule has 1 fully saturated rings. The number of fused-ring (bicyclic) bond motifs is 1. The fraction of sp³-hybridized carbons (Fsp3) is 0.526. The lowest BCUT2D eigenvalue weighted by molar-refractivity contribution is 0.0763. The Hall–Kier alpha value is -1.81. The molecule has 1 atom stereocenters. The summed E-state index contributed by atoms with van der Waals surface area (Å²) in [4.78, 5) is 14.4. The third-order valence-electron chi connectivity index (χ3n) is 4.75. The third-order valence-corrected chi connectivity index (χ3v) is 4.75. The molecule has 2 heterocycles. The average Bonchev–Trinajstić information content (AvgIpc) is 3.22. The zero-order valence-electron chi connectivity index (χ0n) is 14.1. The van der Waals surface area contributed by atoms with Crippen molar-refractivity contribution in [1.82, 2.24) is 9.47 Å². The Bertz CT molecular complexity index is 671. The average molecular weight is 314 g/mol. The van der Waals surface area contributed by atoms with E-state index >= 15 is 0 Å². The van der Waals surface area contributed by atoms with E-state index in [1.165, 1.54) is 18.4 Å². The van der Waals surface area contributed by atoms with E-state index < -0.39 is 0 Å². The number of carbonyl (C=O) groups excluding carboxylic acids is 1. The van der Waals surface area contributed by atoms with Crippen LogP contribution < -0.4 is 0 Å². The normalized spacial score (nSPS) is 17.7. The van der Waals surface area contributed by atoms with E-state index in [1.807, 2.05) is 30.1 Å². The van der Waals surface area contributed by atoms with Gasteiger partial charge in [-0.3, -0.25) is 4.79 Å². The number of benzene rings is 1. The molecule has 0 aliphatic carbocycles. The Morgan fingerprint density at radius 1 is 1.39 bits per heavy atom. The number of ether oxygens (including phenoxy) is 1. The minimum atomic E-state index is 0.100. The van der Waals surface area contributed by atoms with Crippen molar-refractivity contribution < 1.29 is 9.53 Å². The van der Waals surface area contributed by atoms with Gasteiger partial charge in [-0.05, 0) is 56.9 Å². The maximum absolute atomic E-state index is 12.6. The van der Waals surface area contributed by atoms with Gasteiger partial charge in [0.25, 0.3) is 5.91 Å². The smallest absolute Gasteiger partial charge is 0.253 e. The topological polar surface area (TPSA) is 34.5 Å². The Kier molecular flexibility index (Phi) is 5.01. The fourth-order valence-corrected chi connectivity index (χ4v) is 3.36. The Balaban J connectivity index is 1.59. The molecule has 0 spiro atoms. The van der Waals surface area contributed by atoms with Crippen molar-refractivity contribution in [2.45, 2.75) is 45.3 Å². The van der Waals surface area contributed by atoms with Crippen LogP contribution in [0.4, 0.5) is 0 Å². The van der Waals surface area contributed by atoms with E-state index in [4.69, 9.17) is 4.74 Å². The second kappa shape index (κ2) is 7.18. The van der Waals surface area contributed by atoms with Crippen LogP contribution in [0.1, 0.15) is 43.0 Å². The van der Waals surface area contributed by atoms with Crippen molar-refractivity contribution in [2.24, 2.45) is 0 Å². The van der Waals surface area contributed by atoms with Gasteiger partial charge in [0, 0.05) is 49.4 Å². The Morgan fingerprint density at radius 3 is 3.00 bits per heavy atom. The molecular weight excluding hydrogens is 288 g/mol. The summed E-state index contributed by atoms with van der Waals surface area (Å²) in [5.74, 6) is 0.100. The number of nitrogens with zero attached hydrogens (tertiary/aromatic N) is 2. The van der Waals surface area contributed by atoms with Crippen molar-refractivity contribution in [3.63, 3.8) is 0 Å². The van der Waals surface area contributed by atoms with Crippen molar-refractivity contribution in [3.8, 4) is 0 Å². The molecule has 0 saturated carbocycles. The molecule has 0 unspecified atom stereocenters. The molecule has 0 radical (unpaired) electrons. The number of carbonyl (C=O) groups is 1. The summed E-state index contributed by atoms with van der Waals surface area (Å²) in [6.07, 6.45) is 6.88. The zero-order chi connectivity index (χ0) is 16.2. The highest BCUT2D eigenvalue weighted by Gasteiger charge is 2.17. The van der Waals surface area contributed by atoms with Crippen LogP contribution in [-0.4, -0.2) is 41.7 Å². The van der Waals surface area contributed by atoms with Crippen LogP contribution in [0.5, 0.6) is 0 Å². The number of aryl methyl sites for hydroxylation is 1. The molecule has 4 nitrogen and oxygen atoms in total. The van der Waals surface area contributed by atoms with Crippen molar-refractivity contribution in [1.29, 1.82) is 0 Å². The summed E-state index contributed by atoms with van der Waals surface area (Å²) in [6, 6.07) is 8.06. The maximum atomic E-state index is 12.6. The number of amides is 1. The summed E-state index contributed by atoms with van der Waals surface area (Å²) in [6.45, 7) is 4.75. The predicted octanol–water partition coefficient (Wildman–Crippen LogP) is 3.69. The van der Waals surface area contributed by atoms with Crippen LogP contribution >= 0.6 is 0 Å². The summed E-state index contributed by atoms with van der Waals surface area (Å²) in [5, 5.41) is 1.13. The monoisotopic (exact) mass is 314 g/mol. The molecule has 1 aliphatic heterocycles. The first kappa shape index (κ1) is 16.1. The Morgan fingerprint density at radius 2 is 2.26 bits per heavy atom. The molecule has 1 aromatic carbocycles. The molecule has 1 saturated heterocycles. The van der Waals surface area contributed by atoms with Gasteiger partial charge in [0.05, 0.1) is 6.10 Å². The highest BCUT2D eigenvalue weighted by Crippen LogP contribution is 2.20. The lowest BCUT2D eigenvalue weighted by Crippen LogP contribution is -2.28. The first-order valence-electron chi connectivity index (χ1n) is 8.65. The van der Waals surface area contributed by atoms with E-state index in [-0.39, 0.29) is 5.91 Å². The standard InChI is InChI=1S/C19H26N2O2/c1-3-21-12-10-15-14-16(8-9-18(15)21)19(22)20(2)11-4-6-17-7-5-13-23-17/h8-10,12,14,17H,3-7,11,13H2,1-2H3/t17-/m0/s1. The third kappa shape index (κ3) is 3.58. The second-order valence-corrected chi connectivity index (χ2v) is 6.38. The van der Waals surface area contributed by atoms with Crippen molar-refractivity contribution >= 4 is 16.8 Å². The molecule has 3 rings (SSSR count). The lowest BCUT2D eigenvalue weighted by Gasteiger charge is -2.18. The predicted molar refractivity (Wildman–Crippen MR) is 92.8 cm³/mol. The van der Waals surface area contributed by atoms with Crippen LogP contribution in [0.15, 0.2) is 30.5 Å². The minimum Gasteiger partial charge on any atom is -0.378 e. The van der Waals surface area contributed by atoms with Crippen molar-refractivity contribution in [3.05, 3.63) is 36.0 Å². The van der Waals surface area contributed by atoms with Gasteiger partial charge in [0.2, 0.25) is 0 Å². The number of hydrogen-bond donors (Lipinski definition) is 0. The second-order valence-electron chi connectivity index (χ2n) is 6.38. The molecule has 4 heteroatoms. The first-order chi connectivity index (χ1) is 11.2. The van der Waals surface area contributed by atoms with Gasteiger partial charge in [-0.25, -0.2) is 0 Å². The maximum Gasteiger partial charge on any atom is 0.253 e. The van der Waals surface area contributed by atoms with Crippen LogP contribution in [0.25, 0.3) is 10.9 Å². The highest BCUT2D eigenvalue weighted by molar-refractivity contribution is 5.98. The largest absolute Gasteiger partial charge is 0.378 e. The summed E-state index contributed by atoms with van der Waals surface area (Å²) < 4.78 is 7.82. The fourth-order valence-electron chi connectivity index (χ4n) is 3.36. The van der Waals surface area contributed by atoms with Gasteiger partial charge < -0.3 is 14.2 Å². The molecule has 124 valence electrons. The van der Waals surface area contributed by atoms with Gasteiger partial charge in [0.1, 0.15) is 0 Å². The number of hydrogen-bond acceptors (Lipinski definition) is 2. The van der Waals surface area contributed by atoms with E-state index in [0.717, 1.165) is 43.5 Å². The SMILES string of the molecule is CCn1ccc2cc(C(=O)N(C)CCC[C@H]3CCCO3)ccc21. The number of aromatic nitrogens is 1. The van der Waals surface area contributed by atoms with E-state index in [0.29, 0.717) is 6.10 Å². The van der Waals surface area contributed by atoms with E-state index in [2.05, 4.69) is 23.8 Å². The highest BCUT2D eigenvalue weighted by atomic mass is 16.5. The zero-order valence-corrected chi connectivity index (χ0v) is 14.1. The summed E-state index contributed by atoms with van der Waals surface area (Å²) >= 11 is 0.